The Bertz CT molecular complexity index is 591. The van der Waals surface area contributed by atoms with Gasteiger partial charge in [-0.25, -0.2) is 9.97 Å². The maximum Gasteiger partial charge on any atom is 0.269 e. The number of hydrogen-bond donors (Lipinski definition) is 0. The van der Waals surface area contributed by atoms with Gasteiger partial charge in [0.1, 0.15) is 16.5 Å². The second kappa shape index (κ2) is 5.28. The molecule has 0 N–H and O–H groups in total. The highest BCUT2D eigenvalue weighted by atomic mass is 79.9. The van der Waals surface area contributed by atoms with Crippen LogP contribution in [0.3, 0.4) is 0 Å². The minimum Gasteiger partial charge on any atom is -0.438 e. The fourth-order valence-corrected chi connectivity index (χ4v) is 1.56. The van der Waals surface area contributed by atoms with Crippen molar-refractivity contribution in [2.24, 2.45) is 0 Å². The molecule has 0 saturated heterocycles. The molecular weight excluding hydrogens is 325 g/mol. The number of nitro groups is 1. The fraction of sp³-hybridized carbons (Fsp3) is 0. The van der Waals surface area contributed by atoms with Crippen molar-refractivity contribution in [3.8, 4) is 11.6 Å². The first-order chi connectivity index (χ1) is 8.58. The Morgan fingerprint density at radius 2 is 1.94 bits per heavy atom. The van der Waals surface area contributed by atoms with Crippen LogP contribution < -0.4 is 4.74 Å². The van der Waals surface area contributed by atoms with Gasteiger partial charge in [-0.05, 0) is 28.1 Å². The first kappa shape index (κ1) is 12.7. The van der Waals surface area contributed by atoms with Gasteiger partial charge in [0, 0.05) is 12.1 Å². The normalized spacial score (nSPS) is 10.1. The van der Waals surface area contributed by atoms with Gasteiger partial charge in [-0.1, -0.05) is 11.6 Å². The first-order valence-corrected chi connectivity index (χ1v) is 5.83. The van der Waals surface area contributed by atoms with Gasteiger partial charge in [0.05, 0.1) is 4.92 Å². The van der Waals surface area contributed by atoms with Crippen molar-refractivity contribution >= 4 is 33.2 Å². The lowest BCUT2D eigenvalue weighted by Gasteiger charge is -2.06. The molecule has 6 nitrogen and oxygen atoms in total. The van der Waals surface area contributed by atoms with Gasteiger partial charge in [0.2, 0.25) is 5.88 Å². The lowest BCUT2D eigenvalue weighted by molar-refractivity contribution is -0.384. The van der Waals surface area contributed by atoms with E-state index in [0.29, 0.717) is 10.2 Å². The standard InChI is InChI=1S/C10H5BrClN3O3/c11-8-9(12)13-5-14-10(8)18-7-3-1-6(2-4-7)15(16)17/h1-5H. The van der Waals surface area contributed by atoms with Crippen molar-refractivity contribution in [2.75, 3.05) is 0 Å². The maximum absolute atomic E-state index is 10.5. The Kier molecular flexibility index (Phi) is 3.73. The summed E-state index contributed by atoms with van der Waals surface area (Å²) >= 11 is 8.96. The SMILES string of the molecule is O=[N+]([O-])c1ccc(Oc2ncnc(Cl)c2Br)cc1. The summed E-state index contributed by atoms with van der Waals surface area (Å²) in [5.74, 6) is 0.653. The number of non-ortho nitro benzene ring substituents is 1. The number of rotatable bonds is 3. The van der Waals surface area contributed by atoms with E-state index in [1.54, 1.807) is 0 Å². The summed E-state index contributed by atoms with van der Waals surface area (Å²) in [5.41, 5.74) is -0.0119. The Labute approximate surface area is 115 Å². The van der Waals surface area contributed by atoms with Gasteiger partial charge in [-0.15, -0.1) is 0 Å². The zero-order valence-electron chi connectivity index (χ0n) is 8.71. The molecule has 0 atom stereocenters. The van der Waals surface area contributed by atoms with Gasteiger partial charge >= 0.3 is 0 Å². The number of aromatic nitrogens is 2. The van der Waals surface area contributed by atoms with Crippen LogP contribution in [0.2, 0.25) is 5.15 Å². The largest absolute Gasteiger partial charge is 0.438 e. The van der Waals surface area contributed by atoms with Crippen molar-refractivity contribution in [2.45, 2.75) is 0 Å². The van der Waals surface area contributed by atoms with E-state index >= 15 is 0 Å². The molecule has 0 amide bonds. The average molecular weight is 331 g/mol. The zero-order chi connectivity index (χ0) is 13.1. The molecule has 0 spiro atoms. The Hall–Kier alpha value is -1.73. The van der Waals surface area contributed by atoms with Crippen LogP contribution in [0.4, 0.5) is 5.69 Å². The second-order valence-electron chi connectivity index (χ2n) is 3.14. The summed E-state index contributed by atoms with van der Waals surface area (Å²) < 4.78 is 5.84. The molecule has 0 unspecified atom stereocenters. The number of benzene rings is 1. The van der Waals surface area contributed by atoms with Crippen LogP contribution in [0, 0.1) is 10.1 Å². The third-order valence-corrected chi connectivity index (χ3v) is 3.21. The van der Waals surface area contributed by atoms with Gasteiger partial charge < -0.3 is 4.74 Å². The quantitative estimate of drug-likeness (QED) is 0.488. The van der Waals surface area contributed by atoms with E-state index in [0.717, 1.165) is 0 Å². The second-order valence-corrected chi connectivity index (χ2v) is 4.29. The predicted octanol–water partition coefficient (Wildman–Crippen LogP) is 3.59. The monoisotopic (exact) mass is 329 g/mol. The molecule has 2 aromatic rings. The smallest absolute Gasteiger partial charge is 0.269 e. The summed E-state index contributed by atoms with van der Waals surface area (Å²) in [6.07, 6.45) is 1.26. The van der Waals surface area contributed by atoms with E-state index in [4.69, 9.17) is 16.3 Å². The predicted molar refractivity (Wildman–Crippen MR) is 67.9 cm³/mol. The highest BCUT2D eigenvalue weighted by molar-refractivity contribution is 9.10. The molecule has 8 heteroatoms. The zero-order valence-corrected chi connectivity index (χ0v) is 11.1. The Balaban J connectivity index is 2.24. The van der Waals surface area contributed by atoms with Gasteiger partial charge in [-0.3, -0.25) is 10.1 Å². The number of hydrogen-bond acceptors (Lipinski definition) is 5. The van der Waals surface area contributed by atoms with Crippen molar-refractivity contribution in [1.29, 1.82) is 0 Å². The minimum atomic E-state index is -0.485. The van der Waals surface area contributed by atoms with Crippen LogP contribution in [-0.4, -0.2) is 14.9 Å². The van der Waals surface area contributed by atoms with Crippen LogP contribution in [0.1, 0.15) is 0 Å². The molecule has 1 aromatic carbocycles. The van der Waals surface area contributed by atoms with Crippen molar-refractivity contribution in [3.05, 3.63) is 50.3 Å². The molecule has 0 aliphatic heterocycles. The summed E-state index contributed by atoms with van der Waals surface area (Å²) in [7, 11) is 0. The summed E-state index contributed by atoms with van der Waals surface area (Å²) in [5, 5.41) is 10.7. The molecule has 0 aliphatic rings. The van der Waals surface area contributed by atoms with Crippen LogP contribution in [0.25, 0.3) is 0 Å². The van der Waals surface area contributed by atoms with Crippen LogP contribution in [-0.2, 0) is 0 Å². The van der Waals surface area contributed by atoms with Crippen LogP contribution in [0.5, 0.6) is 11.6 Å². The molecule has 0 fully saturated rings. The molecule has 0 saturated carbocycles. The Morgan fingerprint density at radius 3 is 2.56 bits per heavy atom. The lowest BCUT2D eigenvalue weighted by Crippen LogP contribution is -1.92. The van der Waals surface area contributed by atoms with E-state index in [9.17, 15) is 10.1 Å². The van der Waals surface area contributed by atoms with E-state index < -0.39 is 4.92 Å². The molecule has 18 heavy (non-hydrogen) atoms. The number of ether oxygens (including phenoxy) is 1. The van der Waals surface area contributed by atoms with Crippen molar-refractivity contribution < 1.29 is 9.66 Å². The molecule has 1 heterocycles. The number of nitrogens with zero attached hydrogens (tertiary/aromatic N) is 3. The summed E-state index contributed by atoms with van der Waals surface area (Å²) in [6, 6.07) is 5.62. The molecule has 92 valence electrons. The molecular formula is C10H5BrClN3O3. The first-order valence-electron chi connectivity index (χ1n) is 4.66. The van der Waals surface area contributed by atoms with E-state index in [-0.39, 0.29) is 16.7 Å². The van der Waals surface area contributed by atoms with E-state index in [1.807, 2.05) is 0 Å². The van der Waals surface area contributed by atoms with Gasteiger partial charge in [0.15, 0.2) is 5.15 Å². The maximum atomic E-state index is 10.5. The van der Waals surface area contributed by atoms with Crippen molar-refractivity contribution in [3.63, 3.8) is 0 Å². The molecule has 1 aromatic heterocycles. The molecule has 0 bridgehead atoms. The third kappa shape index (κ3) is 2.74. The average Bonchev–Trinajstić information content (AvgIpc) is 2.36. The lowest BCUT2D eigenvalue weighted by atomic mass is 10.3. The highest BCUT2D eigenvalue weighted by Gasteiger charge is 2.10. The van der Waals surface area contributed by atoms with Crippen LogP contribution in [0.15, 0.2) is 35.1 Å². The topological polar surface area (TPSA) is 78.2 Å². The molecule has 0 aliphatic carbocycles. The highest BCUT2D eigenvalue weighted by Crippen LogP contribution is 2.31. The van der Waals surface area contributed by atoms with Crippen molar-refractivity contribution in [1.82, 2.24) is 9.97 Å². The van der Waals surface area contributed by atoms with Gasteiger partial charge in [-0.2, -0.15) is 0 Å². The molecule has 2 rings (SSSR count). The van der Waals surface area contributed by atoms with E-state index in [2.05, 4.69) is 25.9 Å². The third-order valence-electron chi connectivity index (χ3n) is 1.98. The summed E-state index contributed by atoms with van der Waals surface area (Å²) in [6.45, 7) is 0. The number of nitro benzene ring substituents is 1. The summed E-state index contributed by atoms with van der Waals surface area (Å²) in [4.78, 5) is 17.7. The Morgan fingerprint density at radius 1 is 1.28 bits per heavy atom. The number of halogens is 2. The van der Waals surface area contributed by atoms with Gasteiger partial charge in [0.25, 0.3) is 5.69 Å². The fourth-order valence-electron chi connectivity index (χ4n) is 1.15. The van der Waals surface area contributed by atoms with E-state index in [1.165, 1.54) is 30.6 Å². The van der Waals surface area contributed by atoms with Crippen LogP contribution >= 0.6 is 27.5 Å². The minimum absolute atomic E-state index is 0.0119. The molecule has 0 radical (unpaired) electrons.